The van der Waals surface area contributed by atoms with Crippen molar-refractivity contribution in [2.45, 2.75) is 27.2 Å². The summed E-state index contributed by atoms with van der Waals surface area (Å²) in [6.45, 7) is 7.57. The van der Waals surface area contributed by atoms with Crippen molar-refractivity contribution in [1.29, 1.82) is 0 Å². The van der Waals surface area contributed by atoms with E-state index in [2.05, 4.69) is 41.3 Å². The predicted octanol–water partition coefficient (Wildman–Crippen LogP) is 3.89. The van der Waals surface area contributed by atoms with E-state index in [-0.39, 0.29) is 0 Å². The lowest BCUT2D eigenvalue weighted by Gasteiger charge is -2.13. The van der Waals surface area contributed by atoms with Crippen LogP contribution in [0.25, 0.3) is 0 Å². The monoisotopic (exact) mass is 394 g/mol. The van der Waals surface area contributed by atoms with Gasteiger partial charge in [-0.3, -0.25) is 0 Å². The second kappa shape index (κ2) is 10.3. The maximum Gasteiger partial charge on any atom is 0.161 e. The highest BCUT2D eigenvalue weighted by atomic mass is 16.5. The number of aryl methyl sites for hydroxylation is 2. The Hall–Kier alpha value is -3.35. The number of benzene rings is 2. The van der Waals surface area contributed by atoms with E-state index in [1.807, 2.05) is 31.2 Å². The third-order valence-corrected chi connectivity index (χ3v) is 4.14. The summed E-state index contributed by atoms with van der Waals surface area (Å²) in [6, 6.07) is 12.0. The Labute approximate surface area is 170 Å². The first-order chi connectivity index (χ1) is 14.2. The van der Waals surface area contributed by atoms with Crippen LogP contribution in [0.4, 0.5) is 0 Å². The summed E-state index contributed by atoms with van der Waals surface area (Å²) in [4.78, 5) is 0. The zero-order valence-electron chi connectivity index (χ0n) is 17.0. The van der Waals surface area contributed by atoms with Gasteiger partial charge in [0.2, 0.25) is 0 Å². The quantitative estimate of drug-likeness (QED) is 0.385. The first kappa shape index (κ1) is 20.4. The molecule has 0 spiro atoms. The van der Waals surface area contributed by atoms with Crippen LogP contribution >= 0.6 is 0 Å². The highest BCUT2D eigenvalue weighted by Crippen LogP contribution is 2.28. The second-order valence-corrected chi connectivity index (χ2v) is 6.43. The smallest absolute Gasteiger partial charge is 0.161 e. The molecule has 29 heavy (non-hydrogen) atoms. The Morgan fingerprint density at radius 1 is 0.931 bits per heavy atom. The van der Waals surface area contributed by atoms with E-state index in [0.29, 0.717) is 31.3 Å². The zero-order chi connectivity index (χ0) is 20.5. The lowest BCUT2D eigenvalue weighted by Crippen LogP contribution is -2.10. The van der Waals surface area contributed by atoms with Gasteiger partial charge in [-0.1, -0.05) is 13.0 Å². The fourth-order valence-corrected chi connectivity index (χ4v) is 2.80. The Balaban J connectivity index is 1.59. The van der Waals surface area contributed by atoms with Crippen LogP contribution in [0.1, 0.15) is 30.5 Å². The van der Waals surface area contributed by atoms with Crippen molar-refractivity contribution in [3.63, 3.8) is 0 Å². The molecule has 1 aromatic heterocycles. The van der Waals surface area contributed by atoms with E-state index in [0.717, 1.165) is 17.7 Å². The van der Waals surface area contributed by atoms with E-state index in [1.54, 1.807) is 6.21 Å². The molecule has 0 amide bonds. The molecule has 7 nitrogen and oxygen atoms in total. The molecular formula is C22H26N4O3. The first-order valence-electron chi connectivity index (χ1n) is 9.70. The number of hydrogen-bond donors (Lipinski definition) is 0. The maximum atomic E-state index is 5.88. The lowest BCUT2D eigenvalue weighted by molar-refractivity contribution is 0.208. The lowest BCUT2D eigenvalue weighted by atomic mass is 10.1. The summed E-state index contributed by atoms with van der Waals surface area (Å²) >= 11 is 0. The van der Waals surface area contributed by atoms with Crippen LogP contribution < -0.4 is 14.2 Å². The van der Waals surface area contributed by atoms with Crippen LogP contribution in [0, 0.1) is 6.92 Å². The average Bonchev–Trinajstić information content (AvgIpc) is 3.24. The van der Waals surface area contributed by atoms with Gasteiger partial charge in [-0.05, 0) is 67.3 Å². The second-order valence-electron chi connectivity index (χ2n) is 6.43. The molecule has 7 heteroatoms. The molecule has 0 saturated carbocycles. The van der Waals surface area contributed by atoms with Crippen LogP contribution in [0.15, 0.2) is 54.2 Å². The maximum absolute atomic E-state index is 5.88. The zero-order valence-corrected chi connectivity index (χ0v) is 17.0. The molecule has 0 aliphatic carbocycles. The summed E-state index contributed by atoms with van der Waals surface area (Å²) in [5.74, 6) is 2.22. The predicted molar refractivity (Wildman–Crippen MR) is 112 cm³/mol. The van der Waals surface area contributed by atoms with Gasteiger partial charge < -0.3 is 14.2 Å². The number of nitrogens with zero attached hydrogens (tertiary/aromatic N) is 4. The fourth-order valence-electron chi connectivity index (χ4n) is 2.80. The van der Waals surface area contributed by atoms with Crippen LogP contribution in [0.5, 0.6) is 17.2 Å². The van der Waals surface area contributed by atoms with Crippen LogP contribution in [-0.4, -0.2) is 40.9 Å². The van der Waals surface area contributed by atoms with Crippen LogP contribution in [0.2, 0.25) is 0 Å². The Bertz CT molecular complexity index is 939. The fraction of sp³-hybridized carbons (Fsp3) is 0.318. The molecule has 0 radical (unpaired) electrons. The summed E-state index contributed by atoms with van der Waals surface area (Å²) in [6.07, 6.45) is 5.74. The van der Waals surface area contributed by atoms with Gasteiger partial charge in [0.05, 0.1) is 12.8 Å². The molecule has 0 bridgehead atoms. The Morgan fingerprint density at radius 3 is 2.48 bits per heavy atom. The van der Waals surface area contributed by atoms with Gasteiger partial charge in [-0.2, -0.15) is 5.10 Å². The summed E-state index contributed by atoms with van der Waals surface area (Å²) in [5, 5.41) is 11.7. The molecule has 0 aliphatic heterocycles. The van der Waals surface area contributed by atoms with Gasteiger partial charge in [-0.25, -0.2) is 4.68 Å². The third-order valence-electron chi connectivity index (χ3n) is 4.14. The molecule has 3 aromatic rings. The largest absolute Gasteiger partial charge is 0.490 e. The Kier molecular flexibility index (Phi) is 7.22. The SMILES string of the molecule is CCOc1cc(C=Nn2cnnc2)ccc1OCCOc1cc(C)cc(CC)c1. The van der Waals surface area contributed by atoms with E-state index in [4.69, 9.17) is 14.2 Å². The standard InChI is InChI=1S/C22H26N4O3/c1-4-18-10-17(3)11-20(12-18)28-8-9-29-21-7-6-19(13-22(21)27-5-2)14-25-26-15-23-24-16-26/h6-7,10-16H,4-5,8-9H2,1-3H3. The van der Waals surface area contributed by atoms with Crippen molar-refractivity contribution < 1.29 is 14.2 Å². The van der Waals surface area contributed by atoms with E-state index >= 15 is 0 Å². The van der Waals surface area contributed by atoms with Gasteiger partial charge in [0.15, 0.2) is 11.5 Å². The van der Waals surface area contributed by atoms with E-state index in [1.165, 1.54) is 28.5 Å². The topological polar surface area (TPSA) is 70.8 Å². The van der Waals surface area contributed by atoms with Gasteiger partial charge in [0.25, 0.3) is 0 Å². The van der Waals surface area contributed by atoms with Crippen molar-refractivity contribution >= 4 is 6.21 Å². The minimum absolute atomic E-state index is 0.420. The Morgan fingerprint density at radius 2 is 1.72 bits per heavy atom. The summed E-state index contributed by atoms with van der Waals surface area (Å²) in [7, 11) is 0. The molecule has 0 aliphatic rings. The molecule has 0 fully saturated rings. The number of rotatable bonds is 10. The van der Waals surface area contributed by atoms with Gasteiger partial charge in [0, 0.05) is 0 Å². The highest BCUT2D eigenvalue weighted by Gasteiger charge is 2.07. The molecule has 0 saturated heterocycles. The minimum Gasteiger partial charge on any atom is -0.490 e. The summed E-state index contributed by atoms with van der Waals surface area (Å²) < 4.78 is 19.0. The molecule has 1 heterocycles. The van der Waals surface area contributed by atoms with Crippen molar-refractivity contribution in [3.8, 4) is 17.2 Å². The number of aromatic nitrogens is 3. The van der Waals surface area contributed by atoms with Crippen molar-refractivity contribution in [3.05, 3.63) is 65.7 Å². The molecule has 2 aromatic carbocycles. The van der Waals surface area contributed by atoms with Crippen LogP contribution in [-0.2, 0) is 6.42 Å². The number of hydrogen-bond acceptors (Lipinski definition) is 6. The van der Waals surface area contributed by atoms with Crippen molar-refractivity contribution in [2.75, 3.05) is 19.8 Å². The highest BCUT2D eigenvalue weighted by molar-refractivity contribution is 5.80. The van der Waals surface area contributed by atoms with Gasteiger partial charge in [-0.15, -0.1) is 10.2 Å². The van der Waals surface area contributed by atoms with Gasteiger partial charge >= 0.3 is 0 Å². The molecule has 3 rings (SSSR count). The van der Waals surface area contributed by atoms with Crippen LogP contribution in [0.3, 0.4) is 0 Å². The molecular weight excluding hydrogens is 368 g/mol. The van der Waals surface area contributed by atoms with Gasteiger partial charge in [0.1, 0.15) is 31.6 Å². The first-order valence-corrected chi connectivity index (χ1v) is 9.70. The normalized spacial score (nSPS) is 11.0. The molecule has 152 valence electrons. The molecule has 0 N–H and O–H groups in total. The molecule has 0 atom stereocenters. The van der Waals surface area contributed by atoms with Crippen molar-refractivity contribution in [2.24, 2.45) is 5.10 Å². The third kappa shape index (κ3) is 6.07. The van der Waals surface area contributed by atoms with E-state index in [9.17, 15) is 0 Å². The minimum atomic E-state index is 0.420. The number of ether oxygens (including phenoxy) is 3. The summed E-state index contributed by atoms with van der Waals surface area (Å²) in [5.41, 5.74) is 3.35. The van der Waals surface area contributed by atoms with E-state index < -0.39 is 0 Å². The average molecular weight is 394 g/mol. The van der Waals surface area contributed by atoms with Crippen molar-refractivity contribution in [1.82, 2.24) is 14.9 Å². The molecule has 0 unspecified atom stereocenters.